The molecule has 104 valence electrons. The molecular formula is C13H24N2O3. The lowest BCUT2D eigenvalue weighted by atomic mass is 9.81. The Kier molecular flexibility index (Phi) is 4.05. The Hall–Kier alpha value is -1.10. The molecule has 1 N–H and O–H groups in total. The monoisotopic (exact) mass is 256 g/mol. The van der Waals surface area contributed by atoms with Crippen LogP contribution >= 0.6 is 0 Å². The molecule has 1 aliphatic heterocycles. The standard InChI is InChI=1S/C13H24N2O3/c1-12(2,3)9-10(16)14-13(4,5)11(17)15(9)7-8-18-6/h9H,7-8H2,1-6H3,(H,14,16). The lowest BCUT2D eigenvalue weighted by molar-refractivity contribution is -0.158. The molecule has 0 aliphatic carbocycles. The van der Waals surface area contributed by atoms with Gasteiger partial charge in [-0.05, 0) is 19.3 Å². The molecule has 0 spiro atoms. The van der Waals surface area contributed by atoms with Crippen molar-refractivity contribution < 1.29 is 14.3 Å². The number of hydrogen-bond acceptors (Lipinski definition) is 3. The highest BCUT2D eigenvalue weighted by atomic mass is 16.5. The van der Waals surface area contributed by atoms with Crippen molar-refractivity contribution in [1.29, 1.82) is 0 Å². The quantitative estimate of drug-likeness (QED) is 0.812. The van der Waals surface area contributed by atoms with E-state index in [1.54, 1.807) is 25.9 Å². The summed E-state index contributed by atoms with van der Waals surface area (Å²) in [4.78, 5) is 26.3. The minimum Gasteiger partial charge on any atom is -0.383 e. The van der Waals surface area contributed by atoms with E-state index in [4.69, 9.17) is 4.74 Å². The normalized spacial score (nSPS) is 24.1. The van der Waals surface area contributed by atoms with E-state index < -0.39 is 11.6 Å². The zero-order valence-electron chi connectivity index (χ0n) is 12.2. The molecule has 0 aromatic rings. The second-order valence-electron chi connectivity index (χ2n) is 6.37. The molecule has 1 atom stereocenters. The number of carbonyl (C=O) groups excluding carboxylic acids is 2. The van der Waals surface area contributed by atoms with Crippen molar-refractivity contribution in [3.8, 4) is 0 Å². The Labute approximate surface area is 109 Å². The molecule has 5 heteroatoms. The van der Waals surface area contributed by atoms with Crippen LogP contribution in [0.25, 0.3) is 0 Å². The molecular weight excluding hydrogens is 232 g/mol. The highest BCUT2D eigenvalue weighted by molar-refractivity contribution is 5.99. The van der Waals surface area contributed by atoms with Crippen LogP contribution in [0, 0.1) is 5.41 Å². The second kappa shape index (κ2) is 4.88. The zero-order valence-corrected chi connectivity index (χ0v) is 12.2. The Morgan fingerprint density at radius 3 is 2.33 bits per heavy atom. The maximum absolute atomic E-state index is 12.4. The molecule has 0 radical (unpaired) electrons. The number of methoxy groups -OCH3 is 1. The smallest absolute Gasteiger partial charge is 0.248 e. The Bertz CT molecular complexity index is 345. The summed E-state index contributed by atoms with van der Waals surface area (Å²) in [7, 11) is 1.59. The van der Waals surface area contributed by atoms with Crippen molar-refractivity contribution in [2.45, 2.75) is 46.2 Å². The number of piperazine rings is 1. The molecule has 1 heterocycles. The third-order valence-corrected chi connectivity index (χ3v) is 3.15. The third kappa shape index (κ3) is 2.83. The fourth-order valence-corrected chi connectivity index (χ4v) is 2.33. The number of hydrogen-bond donors (Lipinski definition) is 1. The van der Waals surface area contributed by atoms with Crippen molar-refractivity contribution in [2.24, 2.45) is 5.41 Å². The number of nitrogens with one attached hydrogen (secondary N) is 1. The molecule has 1 unspecified atom stereocenters. The highest BCUT2D eigenvalue weighted by Crippen LogP contribution is 2.30. The molecule has 0 aromatic carbocycles. The number of nitrogens with zero attached hydrogens (tertiary/aromatic N) is 1. The second-order valence-corrected chi connectivity index (χ2v) is 6.37. The molecule has 18 heavy (non-hydrogen) atoms. The van der Waals surface area contributed by atoms with E-state index in [1.165, 1.54) is 0 Å². The first-order chi connectivity index (χ1) is 8.11. The molecule has 5 nitrogen and oxygen atoms in total. The van der Waals surface area contributed by atoms with Crippen LogP contribution in [0.5, 0.6) is 0 Å². The van der Waals surface area contributed by atoms with Gasteiger partial charge in [0.25, 0.3) is 0 Å². The van der Waals surface area contributed by atoms with Gasteiger partial charge in [-0.15, -0.1) is 0 Å². The fraction of sp³-hybridized carbons (Fsp3) is 0.846. The molecule has 1 saturated heterocycles. The summed E-state index contributed by atoms with van der Waals surface area (Å²) in [6.45, 7) is 10.2. The average molecular weight is 256 g/mol. The van der Waals surface area contributed by atoms with Gasteiger partial charge in [-0.3, -0.25) is 9.59 Å². The average Bonchev–Trinajstić information content (AvgIpc) is 2.18. The van der Waals surface area contributed by atoms with E-state index in [9.17, 15) is 9.59 Å². The van der Waals surface area contributed by atoms with Gasteiger partial charge in [-0.1, -0.05) is 20.8 Å². The molecule has 0 saturated carbocycles. The lowest BCUT2D eigenvalue weighted by Crippen LogP contribution is -2.71. The van der Waals surface area contributed by atoms with Gasteiger partial charge in [0.1, 0.15) is 11.6 Å². The highest BCUT2D eigenvalue weighted by Gasteiger charge is 2.49. The maximum atomic E-state index is 12.4. The first-order valence-electron chi connectivity index (χ1n) is 6.23. The first-order valence-corrected chi connectivity index (χ1v) is 6.23. The van der Waals surface area contributed by atoms with Crippen LogP contribution in [-0.2, 0) is 14.3 Å². The summed E-state index contributed by atoms with van der Waals surface area (Å²) in [6.07, 6.45) is 0. The Morgan fingerprint density at radius 1 is 1.33 bits per heavy atom. The molecule has 1 fully saturated rings. The zero-order chi connectivity index (χ0) is 14.1. The van der Waals surface area contributed by atoms with Crippen LogP contribution in [0.15, 0.2) is 0 Å². The SMILES string of the molecule is COCCN1C(=O)C(C)(C)NC(=O)C1C(C)(C)C. The summed E-state index contributed by atoms with van der Waals surface area (Å²) < 4.78 is 5.03. The minimum absolute atomic E-state index is 0.0564. The van der Waals surface area contributed by atoms with Crippen molar-refractivity contribution in [1.82, 2.24) is 10.2 Å². The predicted molar refractivity (Wildman–Crippen MR) is 69.1 cm³/mol. The van der Waals surface area contributed by atoms with Crippen LogP contribution in [0.3, 0.4) is 0 Å². The van der Waals surface area contributed by atoms with E-state index in [2.05, 4.69) is 5.32 Å². The van der Waals surface area contributed by atoms with Crippen LogP contribution in [0.1, 0.15) is 34.6 Å². The van der Waals surface area contributed by atoms with Gasteiger partial charge in [0, 0.05) is 13.7 Å². The van der Waals surface area contributed by atoms with Gasteiger partial charge in [0.15, 0.2) is 0 Å². The fourth-order valence-electron chi connectivity index (χ4n) is 2.33. The van der Waals surface area contributed by atoms with Gasteiger partial charge in [-0.25, -0.2) is 0 Å². The molecule has 1 aliphatic rings. The van der Waals surface area contributed by atoms with Gasteiger partial charge < -0.3 is 15.0 Å². The van der Waals surface area contributed by atoms with Crippen LogP contribution < -0.4 is 5.32 Å². The molecule has 0 bridgehead atoms. The van der Waals surface area contributed by atoms with Gasteiger partial charge in [-0.2, -0.15) is 0 Å². The molecule has 1 rings (SSSR count). The van der Waals surface area contributed by atoms with E-state index in [-0.39, 0.29) is 17.2 Å². The molecule has 0 aromatic heterocycles. The van der Waals surface area contributed by atoms with E-state index in [0.29, 0.717) is 13.2 Å². The number of amides is 2. The van der Waals surface area contributed by atoms with Crippen LogP contribution in [0.2, 0.25) is 0 Å². The van der Waals surface area contributed by atoms with Crippen molar-refractivity contribution in [3.63, 3.8) is 0 Å². The summed E-state index contributed by atoms with van der Waals surface area (Å²) in [5.74, 6) is -0.151. The largest absolute Gasteiger partial charge is 0.383 e. The summed E-state index contributed by atoms with van der Waals surface area (Å²) >= 11 is 0. The van der Waals surface area contributed by atoms with Crippen molar-refractivity contribution in [3.05, 3.63) is 0 Å². The van der Waals surface area contributed by atoms with Crippen LogP contribution in [0.4, 0.5) is 0 Å². The van der Waals surface area contributed by atoms with Gasteiger partial charge >= 0.3 is 0 Å². The van der Waals surface area contributed by atoms with Crippen LogP contribution in [-0.4, -0.2) is 48.6 Å². The van der Waals surface area contributed by atoms with Gasteiger partial charge in [0.2, 0.25) is 11.8 Å². The summed E-state index contributed by atoms with van der Waals surface area (Å²) in [5.41, 5.74) is -1.14. The third-order valence-electron chi connectivity index (χ3n) is 3.15. The Morgan fingerprint density at radius 2 is 1.89 bits per heavy atom. The summed E-state index contributed by atoms with van der Waals surface area (Å²) in [6, 6.07) is -0.451. The molecule has 2 amide bonds. The van der Waals surface area contributed by atoms with E-state index in [1.807, 2.05) is 20.8 Å². The summed E-state index contributed by atoms with van der Waals surface area (Å²) in [5, 5.41) is 2.80. The van der Waals surface area contributed by atoms with Crippen molar-refractivity contribution in [2.75, 3.05) is 20.3 Å². The number of ether oxygens (including phenoxy) is 1. The maximum Gasteiger partial charge on any atom is 0.248 e. The lowest BCUT2D eigenvalue weighted by Gasteiger charge is -2.47. The predicted octanol–water partition coefficient (Wildman–Crippen LogP) is 0.784. The Balaban J connectivity index is 3.07. The minimum atomic E-state index is -0.841. The van der Waals surface area contributed by atoms with Crippen molar-refractivity contribution >= 4 is 11.8 Å². The number of rotatable bonds is 3. The number of carbonyl (C=O) groups is 2. The van der Waals surface area contributed by atoms with Gasteiger partial charge in [0.05, 0.1) is 6.61 Å². The topological polar surface area (TPSA) is 58.6 Å². The first kappa shape index (κ1) is 15.0. The van der Waals surface area contributed by atoms with E-state index in [0.717, 1.165) is 0 Å². The van der Waals surface area contributed by atoms with E-state index >= 15 is 0 Å².